The van der Waals surface area contributed by atoms with E-state index in [0.717, 1.165) is 19.3 Å². The van der Waals surface area contributed by atoms with Gasteiger partial charge in [0.15, 0.2) is 0 Å². The molecular weight excluding hydrogens is 224 g/mol. The summed E-state index contributed by atoms with van der Waals surface area (Å²) < 4.78 is 0. The Morgan fingerprint density at radius 3 is 2.47 bits per heavy atom. The van der Waals surface area contributed by atoms with Crippen LogP contribution in [-0.2, 0) is 4.79 Å². The van der Waals surface area contributed by atoms with Crippen LogP contribution in [0.5, 0.6) is 0 Å². The van der Waals surface area contributed by atoms with Crippen LogP contribution in [0.1, 0.15) is 32.6 Å². The van der Waals surface area contributed by atoms with Gasteiger partial charge in [-0.2, -0.15) is 0 Å². The first-order valence-electron chi connectivity index (χ1n) is 5.77. The Morgan fingerprint density at radius 2 is 2.06 bits per heavy atom. The van der Waals surface area contributed by atoms with E-state index in [4.69, 9.17) is 5.11 Å². The van der Waals surface area contributed by atoms with E-state index in [1.165, 1.54) is 6.92 Å². The summed E-state index contributed by atoms with van der Waals surface area (Å²) in [6.45, 7) is 1.33. The molecule has 1 fully saturated rings. The Kier molecular flexibility index (Phi) is 4.34. The van der Waals surface area contributed by atoms with Gasteiger partial charge in [-0.25, -0.2) is 4.79 Å². The third kappa shape index (κ3) is 4.22. The smallest absolute Gasteiger partial charge is 0.317 e. The highest BCUT2D eigenvalue weighted by atomic mass is 16.4. The molecule has 1 saturated carbocycles. The SMILES string of the molecule is CN(C(=O)NCC(C)(O)CC(=O)O)C1CCC1. The predicted octanol–water partition coefficient (Wildman–Crippen LogP) is 0.406. The Bertz CT molecular complexity index is 300. The van der Waals surface area contributed by atoms with Crippen LogP contribution in [0, 0.1) is 0 Å². The number of nitrogens with zero attached hydrogens (tertiary/aromatic N) is 1. The third-order valence-corrected chi connectivity index (χ3v) is 3.10. The largest absolute Gasteiger partial charge is 0.481 e. The van der Waals surface area contributed by atoms with Crippen LogP contribution in [-0.4, -0.2) is 52.3 Å². The van der Waals surface area contributed by atoms with Crippen LogP contribution in [0.15, 0.2) is 0 Å². The Balaban J connectivity index is 2.33. The number of aliphatic hydroxyl groups is 1. The zero-order valence-corrected chi connectivity index (χ0v) is 10.3. The lowest BCUT2D eigenvalue weighted by Gasteiger charge is -2.35. The van der Waals surface area contributed by atoms with E-state index in [2.05, 4.69) is 5.32 Å². The highest BCUT2D eigenvalue weighted by Gasteiger charge is 2.28. The highest BCUT2D eigenvalue weighted by Crippen LogP contribution is 2.23. The van der Waals surface area contributed by atoms with Crippen LogP contribution in [0.4, 0.5) is 4.79 Å². The number of carboxylic acid groups (broad SMARTS) is 1. The lowest BCUT2D eigenvalue weighted by atomic mass is 9.92. The van der Waals surface area contributed by atoms with Crippen molar-refractivity contribution in [2.75, 3.05) is 13.6 Å². The lowest BCUT2D eigenvalue weighted by molar-refractivity contribution is -0.141. The van der Waals surface area contributed by atoms with E-state index in [-0.39, 0.29) is 25.0 Å². The van der Waals surface area contributed by atoms with Crippen molar-refractivity contribution in [2.45, 2.75) is 44.2 Å². The Labute approximate surface area is 101 Å². The van der Waals surface area contributed by atoms with Crippen molar-refractivity contribution in [1.82, 2.24) is 10.2 Å². The molecule has 1 atom stereocenters. The fraction of sp³-hybridized carbons (Fsp3) is 0.818. The molecule has 0 spiro atoms. The molecule has 98 valence electrons. The normalized spacial score (nSPS) is 19.0. The minimum Gasteiger partial charge on any atom is -0.481 e. The number of urea groups is 1. The quantitative estimate of drug-likeness (QED) is 0.653. The fourth-order valence-electron chi connectivity index (χ4n) is 1.72. The molecule has 1 aliphatic carbocycles. The van der Waals surface area contributed by atoms with Gasteiger partial charge in [0.1, 0.15) is 0 Å². The summed E-state index contributed by atoms with van der Waals surface area (Å²) in [7, 11) is 1.71. The molecule has 0 aromatic heterocycles. The molecule has 3 N–H and O–H groups in total. The summed E-state index contributed by atoms with van der Waals surface area (Å²) in [5.41, 5.74) is -1.41. The zero-order chi connectivity index (χ0) is 13.1. The van der Waals surface area contributed by atoms with Gasteiger partial charge in [-0.15, -0.1) is 0 Å². The Morgan fingerprint density at radius 1 is 1.47 bits per heavy atom. The molecule has 0 aliphatic heterocycles. The van der Waals surface area contributed by atoms with Crippen molar-refractivity contribution in [3.8, 4) is 0 Å². The van der Waals surface area contributed by atoms with Gasteiger partial charge in [-0.3, -0.25) is 4.79 Å². The van der Waals surface area contributed by atoms with Crippen molar-refractivity contribution in [3.63, 3.8) is 0 Å². The zero-order valence-electron chi connectivity index (χ0n) is 10.3. The monoisotopic (exact) mass is 244 g/mol. The maximum atomic E-state index is 11.7. The number of nitrogens with one attached hydrogen (secondary N) is 1. The first-order valence-corrected chi connectivity index (χ1v) is 5.77. The van der Waals surface area contributed by atoms with E-state index in [9.17, 15) is 14.7 Å². The maximum absolute atomic E-state index is 11.7. The van der Waals surface area contributed by atoms with Crippen molar-refractivity contribution in [1.29, 1.82) is 0 Å². The molecule has 0 heterocycles. The predicted molar refractivity (Wildman–Crippen MR) is 61.7 cm³/mol. The summed E-state index contributed by atoms with van der Waals surface area (Å²) >= 11 is 0. The number of hydrogen-bond donors (Lipinski definition) is 3. The van der Waals surface area contributed by atoms with Gasteiger partial charge in [-0.1, -0.05) is 0 Å². The number of carbonyl (C=O) groups is 2. The molecule has 17 heavy (non-hydrogen) atoms. The second-order valence-electron chi connectivity index (χ2n) is 4.92. The van der Waals surface area contributed by atoms with Crippen molar-refractivity contribution in [3.05, 3.63) is 0 Å². The molecule has 1 unspecified atom stereocenters. The molecule has 6 heteroatoms. The molecule has 0 radical (unpaired) electrons. The number of hydrogen-bond acceptors (Lipinski definition) is 3. The first kappa shape index (κ1) is 13.8. The summed E-state index contributed by atoms with van der Waals surface area (Å²) in [5, 5.41) is 20.8. The van der Waals surface area contributed by atoms with Gasteiger partial charge in [0, 0.05) is 19.6 Å². The van der Waals surface area contributed by atoms with Crippen LogP contribution < -0.4 is 5.32 Å². The minimum atomic E-state index is -1.41. The van der Waals surface area contributed by atoms with E-state index >= 15 is 0 Å². The number of aliphatic carboxylic acids is 1. The summed E-state index contributed by atoms with van der Waals surface area (Å²) in [6.07, 6.45) is 2.77. The van der Waals surface area contributed by atoms with Crippen molar-refractivity contribution in [2.24, 2.45) is 0 Å². The summed E-state index contributed by atoms with van der Waals surface area (Å²) in [4.78, 5) is 23.8. The first-order chi connectivity index (χ1) is 7.82. The fourth-order valence-corrected chi connectivity index (χ4v) is 1.72. The Hall–Kier alpha value is -1.30. The topological polar surface area (TPSA) is 89.9 Å². The summed E-state index contributed by atoms with van der Waals surface area (Å²) in [6, 6.07) is 0.0137. The van der Waals surface area contributed by atoms with E-state index in [0.29, 0.717) is 0 Å². The van der Waals surface area contributed by atoms with E-state index < -0.39 is 11.6 Å². The molecule has 1 rings (SSSR count). The van der Waals surface area contributed by atoms with Crippen LogP contribution in [0.2, 0.25) is 0 Å². The molecule has 6 nitrogen and oxygen atoms in total. The number of carboxylic acids is 1. The molecule has 0 saturated heterocycles. The molecule has 0 aromatic carbocycles. The second-order valence-corrected chi connectivity index (χ2v) is 4.92. The van der Waals surface area contributed by atoms with Gasteiger partial charge in [-0.05, 0) is 26.2 Å². The van der Waals surface area contributed by atoms with E-state index in [1.54, 1.807) is 11.9 Å². The van der Waals surface area contributed by atoms with Crippen molar-refractivity contribution < 1.29 is 19.8 Å². The average molecular weight is 244 g/mol. The van der Waals surface area contributed by atoms with Crippen LogP contribution in [0.3, 0.4) is 0 Å². The molecule has 1 aliphatic rings. The van der Waals surface area contributed by atoms with E-state index in [1.807, 2.05) is 0 Å². The van der Waals surface area contributed by atoms with Gasteiger partial charge < -0.3 is 20.4 Å². The van der Waals surface area contributed by atoms with Crippen LogP contribution in [0.25, 0.3) is 0 Å². The van der Waals surface area contributed by atoms with Gasteiger partial charge >= 0.3 is 12.0 Å². The summed E-state index contributed by atoms with van der Waals surface area (Å²) in [5.74, 6) is -1.09. The number of rotatable bonds is 5. The van der Waals surface area contributed by atoms with Gasteiger partial charge in [0.2, 0.25) is 0 Å². The molecule has 0 bridgehead atoms. The van der Waals surface area contributed by atoms with Crippen molar-refractivity contribution >= 4 is 12.0 Å². The lowest BCUT2D eigenvalue weighted by Crippen LogP contribution is -2.50. The average Bonchev–Trinajstić information content (AvgIpc) is 2.09. The number of amides is 2. The second kappa shape index (κ2) is 5.35. The van der Waals surface area contributed by atoms with Crippen LogP contribution >= 0.6 is 0 Å². The molecule has 0 aromatic rings. The highest BCUT2D eigenvalue weighted by molar-refractivity contribution is 5.74. The molecular formula is C11H20N2O4. The number of carbonyl (C=O) groups excluding carboxylic acids is 1. The standard InChI is InChI=1S/C11H20N2O4/c1-11(17,6-9(14)15)7-12-10(16)13(2)8-4-3-5-8/h8,17H,3-7H2,1-2H3,(H,12,16)(H,14,15). The van der Waals surface area contributed by atoms with Gasteiger partial charge in [0.05, 0.1) is 12.0 Å². The maximum Gasteiger partial charge on any atom is 0.317 e. The third-order valence-electron chi connectivity index (χ3n) is 3.10. The van der Waals surface area contributed by atoms with Gasteiger partial charge in [0.25, 0.3) is 0 Å². The minimum absolute atomic E-state index is 0.0603. The molecule has 2 amide bonds.